The normalized spacial score (nSPS) is 19.5. The number of rotatable bonds is 7. The SMILES string of the molecule is COCCCOc1cc2c(cc1-c1ccccc1)-c1cc(=O)c(C(=O)O)cn1[C@H]1[C@@H]2COC1(C)C. The van der Waals surface area contributed by atoms with Crippen molar-refractivity contribution in [3.8, 4) is 28.1 Å². The summed E-state index contributed by atoms with van der Waals surface area (Å²) in [6.45, 7) is 5.63. The maximum Gasteiger partial charge on any atom is 0.341 e. The molecule has 2 aromatic carbocycles. The minimum Gasteiger partial charge on any atom is -0.493 e. The molecule has 1 aromatic heterocycles. The van der Waals surface area contributed by atoms with Crippen molar-refractivity contribution in [2.45, 2.75) is 37.8 Å². The van der Waals surface area contributed by atoms with E-state index in [1.54, 1.807) is 7.11 Å². The van der Waals surface area contributed by atoms with Gasteiger partial charge in [-0.3, -0.25) is 4.79 Å². The minimum absolute atomic E-state index is 0.0113. The van der Waals surface area contributed by atoms with E-state index in [0.717, 1.165) is 34.4 Å². The number of carbonyl (C=O) groups is 1. The first-order valence-electron chi connectivity index (χ1n) is 11.8. The molecule has 0 spiro atoms. The first kappa shape index (κ1) is 23.3. The second-order valence-corrected chi connectivity index (χ2v) is 9.61. The zero-order chi connectivity index (χ0) is 24.7. The summed E-state index contributed by atoms with van der Waals surface area (Å²) in [7, 11) is 1.67. The van der Waals surface area contributed by atoms with Gasteiger partial charge in [0.1, 0.15) is 11.3 Å². The van der Waals surface area contributed by atoms with Gasteiger partial charge in [-0.25, -0.2) is 4.79 Å². The molecule has 7 nitrogen and oxygen atoms in total. The van der Waals surface area contributed by atoms with E-state index >= 15 is 0 Å². The highest BCUT2D eigenvalue weighted by molar-refractivity contribution is 5.88. The van der Waals surface area contributed by atoms with E-state index < -0.39 is 17.0 Å². The van der Waals surface area contributed by atoms with Crippen LogP contribution in [0.5, 0.6) is 5.75 Å². The van der Waals surface area contributed by atoms with Crippen LogP contribution >= 0.6 is 0 Å². The summed E-state index contributed by atoms with van der Waals surface area (Å²) in [5.41, 5.74) is 3.26. The Morgan fingerprint density at radius 3 is 2.63 bits per heavy atom. The van der Waals surface area contributed by atoms with E-state index in [2.05, 4.69) is 12.1 Å². The zero-order valence-electron chi connectivity index (χ0n) is 20.1. The molecular weight excluding hydrogens is 446 g/mol. The van der Waals surface area contributed by atoms with Gasteiger partial charge >= 0.3 is 5.97 Å². The van der Waals surface area contributed by atoms with Crippen LogP contribution in [0.15, 0.2) is 59.5 Å². The summed E-state index contributed by atoms with van der Waals surface area (Å²) in [6.07, 6.45) is 2.24. The number of hydrogen-bond acceptors (Lipinski definition) is 5. The van der Waals surface area contributed by atoms with Crippen molar-refractivity contribution in [2.24, 2.45) is 0 Å². The number of nitrogens with zero attached hydrogens (tertiary/aromatic N) is 1. The third-order valence-electron chi connectivity index (χ3n) is 7.00. The van der Waals surface area contributed by atoms with Crippen LogP contribution in [0.1, 0.15) is 48.1 Å². The number of pyridine rings is 1. The molecule has 0 unspecified atom stereocenters. The van der Waals surface area contributed by atoms with E-state index in [9.17, 15) is 14.7 Å². The number of aromatic carboxylic acids is 1. The molecule has 5 rings (SSSR count). The van der Waals surface area contributed by atoms with Crippen molar-refractivity contribution < 1.29 is 24.1 Å². The second kappa shape index (κ2) is 8.98. The van der Waals surface area contributed by atoms with Crippen LogP contribution < -0.4 is 10.2 Å². The van der Waals surface area contributed by atoms with Gasteiger partial charge < -0.3 is 23.9 Å². The highest BCUT2D eigenvalue weighted by Gasteiger charge is 2.49. The van der Waals surface area contributed by atoms with Crippen molar-refractivity contribution in [1.82, 2.24) is 4.57 Å². The molecule has 0 saturated carbocycles. The average Bonchev–Trinajstić information content (AvgIpc) is 3.17. The Balaban J connectivity index is 1.73. The quantitative estimate of drug-likeness (QED) is 0.497. The molecule has 3 heterocycles. The highest BCUT2D eigenvalue weighted by Crippen LogP contribution is 2.54. The number of carboxylic acid groups (broad SMARTS) is 1. The molecular formula is C28H29NO6. The minimum atomic E-state index is -1.23. The maximum atomic E-state index is 12.8. The highest BCUT2D eigenvalue weighted by atomic mass is 16.5. The Morgan fingerprint density at radius 2 is 1.91 bits per heavy atom. The van der Waals surface area contributed by atoms with Crippen molar-refractivity contribution in [1.29, 1.82) is 0 Å². The van der Waals surface area contributed by atoms with Gasteiger partial charge in [-0.05, 0) is 37.1 Å². The topological polar surface area (TPSA) is 87.0 Å². The van der Waals surface area contributed by atoms with E-state index in [-0.39, 0.29) is 17.5 Å². The predicted octanol–water partition coefficient (Wildman–Crippen LogP) is 4.74. The van der Waals surface area contributed by atoms with Gasteiger partial charge in [0.25, 0.3) is 0 Å². The standard InChI is InChI=1S/C28H29NO6/c1-28(2)26-22(16-35-28)19-13-25(34-11-7-10-33-3)18(17-8-5-4-6-9-17)12-20(19)23-14-24(30)21(27(31)32)15-29(23)26/h4-6,8-9,12-15,22,26H,7,10-11,16H2,1-3H3,(H,31,32)/t22-,26+/m1/s1. The van der Waals surface area contributed by atoms with Crippen molar-refractivity contribution >= 4 is 5.97 Å². The summed E-state index contributed by atoms with van der Waals surface area (Å²) >= 11 is 0. The number of aromatic nitrogens is 1. The van der Waals surface area contributed by atoms with E-state index in [4.69, 9.17) is 14.2 Å². The van der Waals surface area contributed by atoms with E-state index in [0.29, 0.717) is 25.5 Å². The Kier molecular flexibility index (Phi) is 5.99. The predicted molar refractivity (Wildman–Crippen MR) is 132 cm³/mol. The molecule has 1 saturated heterocycles. The number of methoxy groups -OCH3 is 1. The molecule has 2 aliphatic heterocycles. The first-order valence-corrected chi connectivity index (χ1v) is 11.8. The lowest BCUT2D eigenvalue weighted by Gasteiger charge is -2.38. The van der Waals surface area contributed by atoms with Crippen LogP contribution in [-0.2, 0) is 9.47 Å². The van der Waals surface area contributed by atoms with Crippen LogP contribution in [-0.4, -0.2) is 48.2 Å². The summed E-state index contributed by atoms with van der Waals surface area (Å²) in [4.78, 5) is 24.5. The Labute approximate surface area is 203 Å². The number of benzene rings is 2. The van der Waals surface area contributed by atoms with E-state index in [1.807, 2.05) is 48.7 Å². The molecule has 2 aliphatic rings. The third-order valence-corrected chi connectivity index (χ3v) is 7.00. The van der Waals surface area contributed by atoms with Crippen molar-refractivity contribution in [3.05, 3.63) is 76.1 Å². The monoisotopic (exact) mass is 475 g/mol. The molecule has 7 heteroatoms. The fourth-order valence-corrected chi connectivity index (χ4v) is 5.38. The summed E-state index contributed by atoms with van der Waals surface area (Å²) < 4.78 is 19.6. The molecule has 3 aromatic rings. The Morgan fingerprint density at radius 1 is 1.14 bits per heavy atom. The first-order chi connectivity index (χ1) is 16.8. The lowest BCUT2D eigenvalue weighted by Crippen LogP contribution is -2.36. The summed E-state index contributed by atoms with van der Waals surface area (Å²) in [5, 5.41) is 9.61. The molecule has 182 valence electrons. The number of ether oxygens (including phenoxy) is 3. The molecule has 0 bridgehead atoms. The zero-order valence-corrected chi connectivity index (χ0v) is 20.1. The molecule has 1 fully saturated rings. The third kappa shape index (κ3) is 4.05. The van der Waals surface area contributed by atoms with Gasteiger partial charge in [0.05, 0.1) is 30.6 Å². The largest absolute Gasteiger partial charge is 0.493 e. The maximum absolute atomic E-state index is 12.8. The van der Waals surface area contributed by atoms with Crippen LogP contribution in [0, 0.1) is 0 Å². The van der Waals surface area contributed by atoms with Crippen LogP contribution in [0.25, 0.3) is 22.4 Å². The number of fused-ring (bicyclic) bond motifs is 6. The molecule has 0 amide bonds. The lowest BCUT2D eigenvalue weighted by molar-refractivity contribution is 0.0145. The Bertz CT molecular complexity index is 1330. The van der Waals surface area contributed by atoms with E-state index in [1.165, 1.54) is 12.3 Å². The van der Waals surface area contributed by atoms with Crippen LogP contribution in [0.3, 0.4) is 0 Å². The fraction of sp³-hybridized carbons (Fsp3) is 0.357. The van der Waals surface area contributed by atoms with Gasteiger partial charge in [0.2, 0.25) is 0 Å². The molecule has 0 radical (unpaired) electrons. The smallest absolute Gasteiger partial charge is 0.341 e. The van der Waals surface area contributed by atoms with Crippen molar-refractivity contribution in [3.63, 3.8) is 0 Å². The van der Waals surface area contributed by atoms with Gasteiger partial charge in [-0.2, -0.15) is 0 Å². The summed E-state index contributed by atoms with van der Waals surface area (Å²) in [6, 6.07) is 15.4. The number of hydrogen-bond donors (Lipinski definition) is 1. The Hall–Kier alpha value is -3.42. The lowest BCUT2D eigenvalue weighted by atomic mass is 9.78. The second-order valence-electron chi connectivity index (χ2n) is 9.61. The molecule has 1 N–H and O–H groups in total. The average molecular weight is 476 g/mol. The van der Waals surface area contributed by atoms with Gasteiger partial charge in [0.15, 0.2) is 5.43 Å². The van der Waals surface area contributed by atoms with Gasteiger partial charge in [-0.15, -0.1) is 0 Å². The van der Waals surface area contributed by atoms with Crippen LogP contribution in [0.4, 0.5) is 0 Å². The fourth-order valence-electron chi connectivity index (χ4n) is 5.38. The summed E-state index contributed by atoms with van der Waals surface area (Å²) in [5.74, 6) is -0.468. The number of carboxylic acids is 1. The molecule has 2 atom stereocenters. The molecule has 0 aliphatic carbocycles. The van der Waals surface area contributed by atoms with Crippen LogP contribution in [0.2, 0.25) is 0 Å². The van der Waals surface area contributed by atoms with Crippen molar-refractivity contribution in [2.75, 3.05) is 26.9 Å². The molecule has 35 heavy (non-hydrogen) atoms. The van der Waals surface area contributed by atoms with Gasteiger partial charge in [-0.1, -0.05) is 30.3 Å². The van der Waals surface area contributed by atoms with Gasteiger partial charge in [0, 0.05) is 49.4 Å².